The Morgan fingerprint density at radius 1 is 1.15 bits per heavy atom. The first kappa shape index (κ1) is 21.7. The van der Waals surface area contributed by atoms with Crippen molar-refractivity contribution >= 4 is 33.5 Å². The highest BCUT2D eigenvalue weighted by Crippen LogP contribution is 2.18. The molecule has 0 aliphatic carbocycles. The minimum Gasteiger partial charge on any atom is -0.469 e. The van der Waals surface area contributed by atoms with Crippen molar-refractivity contribution in [2.45, 2.75) is 49.5 Å². The highest BCUT2D eigenvalue weighted by molar-refractivity contribution is 7.89. The number of nitrogens with zero attached hydrogens (tertiary/aromatic N) is 1. The number of methoxy groups -OCH3 is 1. The zero-order valence-electron chi connectivity index (χ0n) is 15.3. The Hall–Kier alpha value is -1.64. The van der Waals surface area contributed by atoms with Crippen LogP contribution in [0.4, 0.5) is 0 Å². The van der Waals surface area contributed by atoms with E-state index in [1.165, 1.54) is 31.4 Å². The van der Waals surface area contributed by atoms with Crippen LogP contribution in [0.5, 0.6) is 0 Å². The fraction of sp³-hybridized carbons (Fsp3) is 0.556. The number of amides is 1. The second kappa shape index (κ2) is 10.1. The first-order valence-electron chi connectivity index (χ1n) is 8.94. The molecule has 1 aromatic rings. The van der Waals surface area contributed by atoms with Gasteiger partial charge in [0.15, 0.2) is 0 Å². The van der Waals surface area contributed by atoms with Crippen molar-refractivity contribution in [1.82, 2.24) is 9.62 Å². The quantitative estimate of drug-likeness (QED) is 0.518. The number of halogens is 1. The van der Waals surface area contributed by atoms with Crippen LogP contribution < -0.4 is 4.72 Å². The van der Waals surface area contributed by atoms with Crippen LogP contribution in [0.2, 0.25) is 5.02 Å². The summed E-state index contributed by atoms with van der Waals surface area (Å²) in [6.07, 6.45) is 3.10. The monoisotopic (exact) mass is 416 g/mol. The molecule has 0 saturated carbocycles. The van der Waals surface area contributed by atoms with Crippen LogP contribution in [0, 0.1) is 0 Å². The number of sulfonamides is 1. The summed E-state index contributed by atoms with van der Waals surface area (Å²) in [6.45, 7) is 1.03. The molecule has 7 nitrogen and oxygen atoms in total. The van der Waals surface area contributed by atoms with Crippen molar-refractivity contribution < 1.29 is 22.7 Å². The second-order valence-electron chi connectivity index (χ2n) is 6.51. The average Bonchev–Trinajstić information content (AvgIpc) is 2.65. The minimum absolute atomic E-state index is 0.0406. The van der Waals surface area contributed by atoms with Gasteiger partial charge in [-0.3, -0.25) is 9.59 Å². The number of hydrogen-bond donors (Lipinski definition) is 1. The summed E-state index contributed by atoms with van der Waals surface area (Å²) >= 11 is 5.79. The van der Waals surface area contributed by atoms with Crippen molar-refractivity contribution in [2.75, 3.05) is 20.2 Å². The second-order valence-corrected chi connectivity index (χ2v) is 8.66. The summed E-state index contributed by atoms with van der Waals surface area (Å²) in [5.41, 5.74) is 0. The van der Waals surface area contributed by atoms with Crippen LogP contribution in [0.3, 0.4) is 0 Å². The van der Waals surface area contributed by atoms with Gasteiger partial charge in [0.05, 0.1) is 12.0 Å². The molecule has 1 fully saturated rings. The third kappa shape index (κ3) is 6.79. The highest BCUT2D eigenvalue weighted by atomic mass is 35.5. The summed E-state index contributed by atoms with van der Waals surface area (Å²) < 4.78 is 32.1. The van der Waals surface area contributed by atoms with Crippen LogP contribution in [-0.4, -0.2) is 51.4 Å². The maximum absolute atomic E-state index is 12.4. The maximum Gasteiger partial charge on any atom is 0.305 e. The molecule has 9 heteroatoms. The molecule has 2 rings (SSSR count). The number of carbonyl (C=O) groups is 2. The molecule has 1 aliphatic rings. The molecule has 0 atom stereocenters. The molecule has 1 heterocycles. The molecular weight excluding hydrogens is 392 g/mol. The van der Waals surface area contributed by atoms with E-state index in [1.807, 2.05) is 0 Å². The van der Waals surface area contributed by atoms with E-state index in [0.29, 0.717) is 56.6 Å². The van der Waals surface area contributed by atoms with Crippen molar-refractivity contribution in [3.8, 4) is 0 Å². The van der Waals surface area contributed by atoms with Gasteiger partial charge in [0.1, 0.15) is 0 Å². The van der Waals surface area contributed by atoms with E-state index in [1.54, 1.807) is 4.90 Å². The molecule has 1 aliphatic heterocycles. The third-order valence-electron chi connectivity index (χ3n) is 4.54. The molecule has 27 heavy (non-hydrogen) atoms. The molecule has 0 spiro atoms. The van der Waals surface area contributed by atoms with E-state index in [0.717, 1.165) is 0 Å². The van der Waals surface area contributed by atoms with Gasteiger partial charge in [-0.1, -0.05) is 11.6 Å². The highest BCUT2D eigenvalue weighted by Gasteiger charge is 2.26. The predicted molar refractivity (Wildman–Crippen MR) is 102 cm³/mol. The Kier molecular flexibility index (Phi) is 8.07. The van der Waals surface area contributed by atoms with Crippen LogP contribution >= 0.6 is 11.6 Å². The average molecular weight is 417 g/mol. The lowest BCUT2D eigenvalue weighted by Crippen LogP contribution is -2.46. The van der Waals surface area contributed by atoms with Crippen LogP contribution in [0.1, 0.15) is 38.5 Å². The predicted octanol–water partition coefficient (Wildman–Crippen LogP) is 2.34. The third-order valence-corrected chi connectivity index (χ3v) is 6.33. The number of likely N-dealkylation sites (tertiary alicyclic amines) is 1. The van der Waals surface area contributed by atoms with E-state index in [9.17, 15) is 18.0 Å². The molecule has 1 amide bonds. The SMILES string of the molecule is COC(=O)CCCCC(=O)N1CCC(NS(=O)(=O)c2ccc(Cl)cc2)CC1. The largest absolute Gasteiger partial charge is 0.469 e. The smallest absolute Gasteiger partial charge is 0.305 e. The fourth-order valence-electron chi connectivity index (χ4n) is 2.95. The molecule has 0 aromatic heterocycles. The Labute approximate surface area is 165 Å². The van der Waals surface area contributed by atoms with E-state index < -0.39 is 10.0 Å². The topological polar surface area (TPSA) is 92.8 Å². The fourth-order valence-corrected chi connectivity index (χ4v) is 4.38. The number of ether oxygens (including phenoxy) is 1. The maximum atomic E-state index is 12.4. The van der Waals surface area contributed by atoms with Gasteiger partial charge in [-0.05, 0) is 49.9 Å². The lowest BCUT2D eigenvalue weighted by atomic mass is 10.1. The lowest BCUT2D eigenvalue weighted by Gasteiger charge is -2.32. The number of esters is 1. The standard InChI is InChI=1S/C18H25ClN2O5S/c1-26-18(23)5-3-2-4-17(22)21-12-10-15(11-13-21)20-27(24,25)16-8-6-14(19)7-9-16/h6-9,15,20H,2-5,10-13H2,1H3. The van der Waals surface area contributed by atoms with Gasteiger partial charge in [-0.15, -0.1) is 0 Å². The first-order chi connectivity index (χ1) is 12.8. The van der Waals surface area contributed by atoms with E-state index in [4.69, 9.17) is 11.6 Å². The number of hydrogen-bond acceptors (Lipinski definition) is 5. The molecule has 0 radical (unpaired) electrons. The molecular formula is C18H25ClN2O5S. The van der Waals surface area contributed by atoms with Crippen LogP contribution in [0.25, 0.3) is 0 Å². The van der Waals surface area contributed by atoms with Gasteiger partial charge in [0, 0.05) is 37.0 Å². The molecule has 1 aromatic carbocycles. The van der Waals surface area contributed by atoms with E-state index in [-0.39, 0.29) is 22.8 Å². The van der Waals surface area contributed by atoms with Gasteiger partial charge in [-0.25, -0.2) is 13.1 Å². The van der Waals surface area contributed by atoms with Crippen molar-refractivity contribution in [1.29, 1.82) is 0 Å². The number of unbranched alkanes of at least 4 members (excludes halogenated alkanes) is 1. The summed E-state index contributed by atoms with van der Waals surface area (Å²) in [4.78, 5) is 25.2. The summed E-state index contributed by atoms with van der Waals surface area (Å²) in [5, 5.41) is 0.479. The van der Waals surface area contributed by atoms with Gasteiger partial charge >= 0.3 is 5.97 Å². The van der Waals surface area contributed by atoms with Crippen LogP contribution in [-0.2, 0) is 24.3 Å². The van der Waals surface area contributed by atoms with Gasteiger partial charge in [0.25, 0.3) is 0 Å². The van der Waals surface area contributed by atoms with Crippen molar-refractivity contribution in [3.63, 3.8) is 0 Å². The van der Waals surface area contributed by atoms with Gasteiger partial charge in [0.2, 0.25) is 15.9 Å². The molecule has 1 N–H and O–H groups in total. The Morgan fingerprint density at radius 3 is 2.33 bits per heavy atom. The number of piperidine rings is 1. The van der Waals surface area contributed by atoms with E-state index in [2.05, 4.69) is 9.46 Å². The zero-order valence-corrected chi connectivity index (χ0v) is 16.9. The van der Waals surface area contributed by atoms with Crippen molar-refractivity contribution in [2.24, 2.45) is 0 Å². The van der Waals surface area contributed by atoms with Gasteiger partial charge < -0.3 is 9.64 Å². The normalized spacial score (nSPS) is 15.6. The lowest BCUT2D eigenvalue weighted by molar-refractivity contribution is -0.141. The Bertz CT molecular complexity index is 744. The number of carbonyl (C=O) groups excluding carboxylic acids is 2. The van der Waals surface area contributed by atoms with Gasteiger partial charge in [-0.2, -0.15) is 0 Å². The number of nitrogens with one attached hydrogen (secondary N) is 1. The molecule has 1 saturated heterocycles. The summed E-state index contributed by atoms with van der Waals surface area (Å²) in [6, 6.07) is 5.82. The van der Waals surface area contributed by atoms with Crippen LogP contribution in [0.15, 0.2) is 29.2 Å². The number of benzene rings is 1. The Morgan fingerprint density at radius 2 is 1.74 bits per heavy atom. The first-order valence-corrected chi connectivity index (χ1v) is 10.8. The van der Waals surface area contributed by atoms with Crippen molar-refractivity contribution in [3.05, 3.63) is 29.3 Å². The molecule has 0 unspecified atom stereocenters. The molecule has 0 bridgehead atoms. The minimum atomic E-state index is -3.60. The summed E-state index contributed by atoms with van der Waals surface area (Å²) in [7, 11) is -2.25. The molecule has 150 valence electrons. The van der Waals surface area contributed by atoms with E-state index >= 15 is 0 Å². The Balaban J connectivity index is 1.75. The number of rotatable bonds is 8. The summed E-state index contributed by atoms with van der Waals surface area (Å²) in [5.74, 6) is -0.227. The zero-order chi connectivity index (χ0) is 19.9.